The average Bonchev–Trinajstić information content (AvgIpc) is 2.56. The predicted molar refractivity (Wildman–Crippen MR) is 44.1 cm³/mol. The Balaban J connectivity index is 2.38. The number of hydrogen-bond acceptors (Lipinski definition) is 1. The number of hydrogen-bond donors (Lipinski definition) is 0. The van der Waals surface area contributed by atoms with Crippen molar-refractivity contribution in [1.29, 1.82) is 0 Å². The van der Waals surface area contributed by atoms with Crippen molar-refractivity contribution < 1.29 is 4.79 Å². The maximum atomic E-state index is 10.9. The highest BCUT2D eigenvalue weighted by molar-refractivity contribution is 5.62. The fourth-order valence-electron chi connectivity index (χ4n) is 2.55. The van der Waals surface area contributed by atoms with Crippen LogP contribution in [0, 0.1) is 23.2 Å². The minimum absolute atomic E-state index is 0.0561. The Morgan fingerprint density at radius 2 is 2.27 bits per heavy atom. The van der Waals surface area contributed by atoms with Gasteiger partial charge in [0.25, 0.3) is 0 Å². The normalized spacial score (nSPS) is 53.5. The molecule has 0 aromatic carbocycles. The topological polar surface area (TPSA) is 17.1 Å². The lowest BCUT2D eigenvalue weighted by atomic mass is 9.72. The van der Waals surface area contributed by atoms with Gasteiger partial charge in [-0.3, -0.25) is 0 Å². The molecule has 2 aliphatic carbocycles. The first-order valence-corrected chi connectivity index (χ1v) is 4.33. The molecule has 0 heterocycles. The SMILES string of the molecule is C[C@@H]1[C@@H]2C=C[C@@H](C2)[C@@]1(C)C=O. The summed E-state index contributed by atoms with van der Waals surface area (Å²) in [6.45, 7) is 4.29. The molecule has 0 aromatic heterocycles. The van der Waals surface area contributed by atoms with Gasteiger partial charge in [-0.15, -0.1) is 0 Å². The molecular weight excluding hydrogens is 136 g/mol. The van der Waals surface area contributed by atoms with Gasteiger partial charge in [0.1, 0.15) is 6.29 Å². The summed E-state index contributed by atoms with van der Waals surface area (Å²) in [6.07, 6.45) is 6.86. The van der Waals surface area contributed by atoms with Crippen LogP contribution < -0.4 is 0 Å². The molecule has 1 saturated carbocycles. The van der Waals surface area contributed by atoms with E-state index in [9.17, 15) is 4.79 Å². The Morgan fingerprint density at radius 3 is 2.64 bits per heavy atom. The highest BCUT2D eigenvalue weighted by Gasteiger charge is 2.50. The van der Waals surface area contributed by atoms with Crippen LogP contribution in [0.1, 0.15) is 20.3 Å². The molecule has 0 unspecified atom stereocenters. The van der Waals surface area contributed by atoms with E-state index in [1.807, 2.05) is 0 Å². The highest BCUT2D eigenvalue weighted by Crippen LogP contribution is 2.54. The van der Waals surface area contributed by atoms with Crippen molar-refractivity contribution in [3.63, 3.8) is 0 Å². The largest absolute Gasteiger partial charge is 0.303 e. The predicted octanol–water partition coefficient (Wildman–Crippen LogP) is 2.03. The Hall–Kier alpha value is -0.590. The zero-order chi connectivity index (χ0) is 8.06. The molecule has 0 N–H and O–H groups in total. The van der Waals surface area contributed by atoms with E-state index >= 15 is 0 Å². The zero-order valence-electron chi connectivity index (χ0n) is 7.08. The summed E-state index contributed by atoms with van der Waals surface area (Å²) in [5, 5.41) is 0. The molecule has 1 fully saturated rings. The number of rotatable bonds is 1. The number of allylic oxidation sites excluding steroid dienone is 2. The molecule has 60 valence electrons. The fourth-order valence-corrected chi connectivity index (χ4v) is 2.55. The van der Waals surface area contributed by atoms with Gasteiger partial charge in [-0.2, -0.15) is 0 Å². The second-order valence-corrected chi connectivity index (χ2v) is 4.16. The van der Waals surface area contributed by atoms with Crippen LogP contribution in [0.25, 0.3) is 0 Å². The minimum Gasteiger partial charge on any atom is -0.303 e. The van der Waals surface area contributed by atoms with Crippen LogP contribution in [0.5, 0.6) is 0 Å². The van der Waals surface area contributed by atoms with E-state index in [0.717, 1.165) is 6.29 Å². The lowest BCUT2D eigenvalue weighted by molar-refractivity contribution is -0.118. The second-order valence-electron chi connectivity index (χ2n) is 4.16. The Bertz CT molecular complexity index is 219. The van der Waals surface area contributed by atoms with Gasteiger partial charge in [0.15, 0.2) is 0 Å². The lowest BCUT2D eigenvalue weighted by Gasteiger charge is -2.30. The molecule has 11 heavy (non-hydrogen) atoms. The van der Waals surface area contributed by atoms with E-state index in [-0.39, 0.29) is 5.41 Å². The second kappa shape index (κ2) is 1.96. The Kier molecular flexibility index (Phi) is 1.26. The van der Waals surface area contributed by atoms with Crippen LogP contribution >= 0.6 is 0 Å². The number of carbonyl (C=O) groups excluding carboxylic acids is 1. The number of fused-ring (bicyclic) bond motifs is 2. The van der Waals surface area contributed by atoms with Gasteiger partial charge in [-0.1, -0.05) is 26.0 Å². The third-order valence-corrected chi connectivity index (χ3v) is 3.79. The summed E-state index contributed by atoms with van der Waals surface area (Å²) in [6, 6.07) is 0. The monoisotopic (exact) mass is 150 g/mol. The quantitative estimate of drug-likeness (QED) is 0.413. The van der Waals surface area contributed by atoms with Gasteiger partial charge in [0, 0.05) is 5.41 Å². The van der Waals surface area contributed by atoms with Crippen LogP contribution in [-0.4, -0.2) is 6.29 Å². The molecule has 0 aliphatic heterocycles. The first-order chi connectivity index (χ1) is 5.18. The van der Waals surface area contributed by atoms with Gasteiger partial charge in [0.2, 0.25) is 0 Å². The van der Waals surface area contributed by atoms with E-state index in [1.54, 1.807) is 0 Å². The van der Waals surface area contributed by atoms with Crippen LogP contribution in [0.15, 0.2) is 12.2 Å². The minimum atomic E-state index is -0.0561. The van der Waals surface area contributed by atoms with Gasteiger partial charge in [0.05, 0.1) is 0 Å². The molecule has 0 amide bonds. The summed E-state index contributed by atoms with van der Waals surface area (Å²) in [4.78, 5) is 10.9. The molecule has 1 nitrogen and oxygen atoms in total. The van der Waals surface area contributed by atoms with Crippen molar-refractivity contribution >= 4 is 6.29 Å². The van der Waals surface area contributed by atoms with Gasteiger partial charge in [-0.25, -0.2) is 0 Å². The average molecular weight is 150 g/mol. The fraction of sp³-hybridized carbons (Fsp3) is 0.700. The smallest absolute Gasteiger partial charge is 0.126 e. The molecule has 0 saturated heterocycles. The van der Waals surface area contributed by atoms with Crippen molar-refractivity contribution in [1.82, 2.24) is 0 Å². The maximum Gasteiger partial charge on any atom is 0.126 e. The van der Waals surface area contributed by atoms with E-state index in [2.05, 4.69) is 26.0 Å². The first kappa shape index (κ1) is 7.08. The first-order valence-electron chi connectivity index (χ1n) is 4.33. The molecule has 2 rings (SSSR count). The number of carbonyl (C=O) groups is 1. The molecule has 2 aliphatic rings. The molecule has 0 aromatic rings. The van der Waals surface area contributed by atoms with E-state index < -0.39 is 0 Å². The molecule has 2 bridgehead atoms. The van der Waals surface area contributed by atoms with E-state index in [1.165, 1.54) is 6.42 Å². The van der Waals surface area contributed by atoms with Crippen molar-refractivity contribution in [2.45, 2.75) is 20.3 Å². The van der Waals surface area contributed by atoms with Crippen LogP contribution in [0.4, 0.5) is 0 Å². The zero-order valence-corrected chi connectivity index (χ0v) is 7.08. The van der Waals surface area contributed by atoms with E-state index in [4.69, 9.17) is 0 Å². The summed E-state index contributed by atoms with van der Waals surface area (Å²) in [7, 11) is 0. The molecular formula is C10H14O. The van der Waals surface area contributed by atoms with Crippen LogP contribution in [0.2, 0.25) is 0 Å². The van der Waals surface area contributed by atoms with Gasteiger partial charge in [-0.05, 0) is 24.2 Å². The summed E-state index contributed by atoms with van der Waals surface area (Å²) in [5.41, 5.74) is -0.0561. The third kappa shape index (κ3) is 0.688. The van der Waals surface area contributed by atoms with Gasteiger partial charge >= 0.3 is 0 Å². The van der Waals surface area contributed by atoms with Crippen molar-refractivity contribution in [2.75, 3.05) is 0 Å². The molecule has 4 atom stereocenters. The van der Waals surface area contributed by atoms with E-state index in [0.29, 0.717) is 17.8 Å². The third-order valence-electron chi connectivity index (χ3n) is 3.79. The summed E-state index contributed by atoms with van der Waals surface area (Å²) >= 11 is 0. The lowest BCUT2D eigenvalue weighted by Crippen LogP contribution is -2.30. The number of aldehydes is 1. The molecule has 0 spiro atoms. The summed E-state index contributed by atoms with van der Waals surface area (Å²) in [5.74, 6) is 1.75. The van der Waals surface area contributed by atoms with Crippen molar-refractivity contribution in [3.8, 4) is 0 Å². The van der Waals surface area contributed by atoms with Crippen LogP contribution in [0.3, 0.4) is 0 Å². The summed E-state index contributed by atoms with van der Waals surface area (Å²) < 4.78 is 0. The van der Waals surface area contributed by atoms with Crippen molar-refractivity contribution in [3.05, 3.63) is 12.2 Å². The molecule has 0 radical (unpaired) electrons. The van der Waals surface area contributed by atoms with Crippen LogP contribution in [-0.2, 0) is 4.79 Å². The molecule has 1 heteroatoms. The van der Waals surface area contributed by atoms with Crippen molar-refractivity contribution in [2.24, 2.45) is 23.2 Å². The van der Waals surface area contributed by atoms with Gasteiger partial charge < -0.3 is 4.79 Å². The Morgan fingerprint density at radius 1 is 1.55 bits per heavy atom. The standard InChI is InChI=1S/C10H14O/c1-7-8-3-4-9(5-8)10(7,2)6-11/h3-4,6-9H,5H2,1-2H3/t7-,8-,9+,10+/m1/s1. The maximum absolute atomic E-state index is 10.9. The highest BCUT2D eigenvalue weighted by atomic mass is 16.1. The Labute approximate surface area is 67.5 Å².